The zero-order valence-electron chi connectivity index (χ0n) is 20.5. The number of hydrogen-bond donors (Lipinski definition) is 1. The molecule has 194 valence electrons. The molecule has 0 fully saturated rings. The van der Waals surface area contributed by atoms with Crippen molar-refractivity contribution in [2.45, 2.75) is 13.2 Å². The zero-order valence-corrected chi connectivity index (χ0v) is 20.5. The highest BCUT2D eigenvalue weighted by atomic mass is 19.1. The van der Waals surface area contributed by atoms with Gasteiger partial charge in [-0.15, -0.1) is 0 Å². The molecule has 1 aromatic heterocycles. The van der Waals surface area contributed by atoms with Crippen LogP contribution in [0.1, 0.15) is 5.56 Å². The third-order valence-electron chi connectivity index (χ3n) is 6.04. The van der Waals surface area contributed by atoms with Crippen LogP contribution in [0.2, 0.25) is 0 Å². The van der Waals surface area contributed by atoms with Gasteiger partial charge in [0, 0.05) is 0 Å². The maximum Gasteiger partial charge on any atom is 0.326 e. The fraction of sp³-hybridized carbons (Fsp3) is 0.167. The van der Waals surface area contributed by atoms with E-state index in [0.717, 1.165) is 27.7 Å². The quantitative estimate of drug-likeness (QED) is 0.220. The van der Waals surface area contributed by atoms with Gasteiger partial charge in [-0.1, -0.05) is 30.3 Å². The number of benzene rings is 4. The fourth-order valence-electron chi connectivity index (χ4n) is 4.08. The number of rotatable bonds is 11. The summed E-state index contributed by atoms with van der Waals surface area (Å²) in [6, 6.07) is 25.5. The van der Waals surface area contributed by atoms with Crippen LogP contribution in [-0.2, 0) is 17.9 Å². The summed E-state index contributed by atoms with van der Waals surface area (Å²) in [7, 11) is 0. The zero-order chi connectivity index (χ0) is 26.3. The molecular formula is C30H26F2N2O4. The first-order valence-corrected chi connectivity index (χ1v) is 12.2. The molecule has 0 spiro atoms. The smallest absolute Gasteiger partial charge is 0.326 e. The molecule has 0 amide bonds. The van der Waals surface area contributed by atoms with Crippen LogP contribution in [-0.4, -0.2) is 29.4 Å². The summed E-state index contributed by atoms with van der Waals surface area (Å²) < 4.78 is 44.5. The molecule has 0 aliphatic heterocycles. The number of hydrogen-bond acceptors (Lipinski definition) is 4. The highest BCUT2D eigenvalue weighted by Crippen LogP contribution is 2.24. The predicted molar refractivity (Wildman–Crippen MR) is 141 cm³/mol. The van der Waals surface area contributed by atoms with Crippen molar-refractivity contribution in [3.05, 3.63) is 119 Å². The molecule has 0 aliphatic rings. The van der Waals surface area contributed by atoms with E-state index in [0.29, 0.717) is 37.9 Å². The number of halogens is 2. The molecule has 5 rings (SSSR count). The molecule has 8 heteroatoms. The van der Waals surface area contributed by atoms with Crippen LogP contribution in [0.25, 0.3) is 22.2 Å². The van der Waals surface area contributed by atoms with E-state index in [1.54, 1.807) is 28.8 Å². The number of H-pyrrole nitrogens is 1. The van der Waals surface area contributed by atoms with Crippen molar-refractivity contribution in [1.29, 1.82) is 0 Å². The summed E-state index contributed by atoms with van der Waals surface area (Å²) in [5.74, 6) is 0.530. The Morgan fingerprint density at radius 2 is 1.29 bits per heavy atom. The first-order chi connectivity index (χ1) is 18.5. The molecular weight excluding hydrogens is 490 g/mol. The topological polar surface area (TPSA) is 65.5 Å². The largest absolute Gasteiger partial charge is 0.492 e. The first kappa shape index (κ1) is 25.2. The number of nitrogens with one attached hydrogen (secondary N) is 1. The summed E-state index contributed by atoms with van der Waals surface area (Å²) in [4.78, 5) is 15.4. The van der Waals surface area contributed by atoms with E-state index in [9.17, 15) is 13.6 Å². The average molecular weight is 517 g/mol. The lowest BCUT2D eigenvalue weighted by molar-refractivity contribution is 0.0889. The number of aromatic nitrogens is 2. The predicted octanol–water partition coefficient (Wildman–Crippen LogP) is 5.95. The maximum absolute atomic E-state index is 13.0. The minimum absolute atomic E-state index is 0.212. The number of fused-ring (bicyclic) bond motifs is 1. The van der Waals surface area contributed by atoms with E-state index in [1.807, 2.05) is 42.5 Å². The van der Waals surface area contributed by atoms with Crippen LogP contribution in [0.4, 0.5) is 8.78 Å². The summed E-state index contributed by atoms with van der Waals surface area (Å²) in [5, 5.41) is 0. The Morgan fingerprint density at radius 3 is 1.95 bits per heavy atom. The van der Waals surface area contributed by atoms with Crippen LogP contribution >= 0.6 is 0 Å². The fourth-order valence-corrected chi connectivity index (χ4v) is 4.08. The lowest BCUT2D eigenvalue weighted by Crippen LogP contribution is -2.20. The Kier molecular flexibility index (Phi) is 7.80. The van der Waals surface area contributed by atoms with E-state index in [2.05, 4.69) is 4.98 Å². The number of nitrogens with zero attached hydrogens (tertiary/aromatic N) is 1. The van der Waals surface area contributed by atoms with Crippen LogP contribution in [0.5, 0.6) is 11.5 Å². The molecule has 6 nitrogen and oxygen atoms in total. The second-order valence-corrected chi connectivity index (χ2v) is 8.67. The van der Waals surface area contributed by atoms with Crippen molar-refractivity contribution in [1.82, 2.24) is 9.55 Å². The minimum atomic E-state index is -0.325. The Labute approximate surface area is 218 Å². The highest BCUT2D eigenvalue weighted by molar-refractivity contribution is 5.82. The van der Waals surface area contributed by atoms with Gasteiger partial charge in [-0.25, -0.2) is 13.6 Å². The van der Waals surface area contributed by atoms with Crippen molar-refractivity contribution in [2.75, 3.05) is 19.8 Å². The lowest BCUT2D eigenvalue weighted by atomic mass is 10.0. The first-order valence-electron chi connectivity index (χ1n) is 12.2. The Hall–Kier alpha value is -4.43. The molecule has 0 atom stereocenters. The van der Waals surface area contributed by atoms with Gasteiger partial charge in [-0.3, -0.25) is 4.57 Å². The van der Waals surface area contributed by atoms with Gasteiger partial charge in [-0.2, -0.15) is 0 Å². The molecule has 0 radical (unpaired) electrons. The molecule has 0 saturated carbocycles. The highest BCUT2D eigenvalue weighted by Gasteiger charge is 2.09. The van der Waals surface area contributed by atoms with Gasteiger partial charge < -0.3 is 19.2 Å². The van der Waals surface area contributed by atoms with E-state index >= 15 is 0 Å². The summed E-state index contributed by atoms with van der Waals surface area (Å²) in [6.07, 6.45) is 0. The molecule has 4 aromatic carbocycles. The summed E-state index contributed by atoms with van der Waals surface area (Å²) >= 11 is 0. The van der Waals surface area contributed by atoms with Gasteiger partial charge in [0.25, 0.3) is 0 Å². The molecule has 0 saturated heterocycles. The standard InChI is InChI=1S/C30H26F2N2O4/c31-24-6-10-26(11-7-24)37-16-15-34-29-14-5-23(19-28(29)33-30(34)35)22-3-1-21(2-4-22)20-36-17-18-38-27-12-8-25(32)9-13-27/h1-14,19H,15-18,20H2,(H,33,35). The average Bonchev–Trinajstić information content (AvgIpc) is 3.25. The summed E-state index contributed by atoms with van der Waals surface area (Å²) in [5.41, 5.74) is 4.34. The molecule has 0 bridgehead atoms. The molecule has 1 N–H and O–H groups in total. The van der Waals surface area contributed by atoms with Crippen molar-refractivity contribution in [2.24, 2.45) is 0 Å². The molecule has 0 aliphatic carbocycles. The van der Waals surface area contributed by atoms with Gasteiger partial charge in [0.1, 0.15) is 36.3 Å². The van der Waals surface area contributed by atoms with E-state index in [-0.39, 0.29) is 23.9 Å². The molecule has 5 aromatic rings. The van der Waals surface area contributed by atoms with Crippen LogP contribution in [0, 0.1) is 11.6 Å². The number of imidazole rings is 1. The van der Waals surface area contributed by atoms with Gasteiger partial charge in [-0.05, 0) is 77.4 Å². The molecule has 1 heterocycles. The van der Waals surface area contributed by atoms with Gasteiger partial charge in [0.2, 0.25) is 0 Å². The van der Waals surface area contributed by atoms with Crippen LogP contribution < -0.4 is 15.2 Å². The number of aromatic amines is 1. The summed E-state index contributed by atoms with van der Waals surface area (Å²) in [6.45, 7) is 1.87. The van der Waals surface area contributed by atoms with Crippen molar-refractivity contribution < 1.29 is 23.0 Å². The minimum Gasteiger partial charge on any atom is -0.492 e. The second-order valence-electron chi connectivity index (χ2n) is 8.67. The van der Waals surface area contributed by atoms with Crippen LogP contribution in [0.15, 0.2) is 95.8 Å². The third-order valence-corrected chi connectivity index (χ3v) is 6.04. The van der Waals surface area contributed by atoms with Crippen LogP contribution in [0.3, 0.4) is 0 Å². The Balaban J connectivity index is 1.14. The van der Waals surface area contributed by atoms with E-state index < -0.39 is 0 Å². The van der Waals surface area contributed by atoms with Crippen molar-refractivity contribution in [3.8, 4) is 22.6 Å². The van der Waals surface area contributed by atoms with Gasteiger partial charge in [0.05, 0.1) is 30.8 Å². The monoisotopic (exact) mass is 516 g/mol. The van der Waals surface area contributed by atoms with Crippen molar-refractivity contribution >= 4 is 11.0 Å². The Morgan fingerprint density at radius 1 is 0.684 bits per heavy atom. The van der Waals surface area contributed by atoms with E-state index in [1.165, 1.54) is 24.3 Å². The number of ether oxygens (including phenoxy) is 3. The third kappa shape index (κ3) is 6.27. The maximum atomic E-state index is 13.0. The van der Waals surface area contributed by atoms with Gasteiger partial charge >= 0.3 is 5.69 Å². The normalized spacial score (nSPS) is 11.1. The van der Waals surface area contributed by atoms with Gasteiger partial charge in [0.15, 0.2) is 0 Å². The van der Waals surface area contributed by atoms with E-state index in [4.69, 9.17) is 14.2 Å². The Bertz CT molecular complexity index is 1540. The van der Waals surface area contributed by atoms with Crippen molar-refractivity contribution in [3.63, 3.8) is 0 Å². The second kappa shape index (κ2) is 11.7. The SMILES string of the molecule is O=c1[nH]c2cc(-c3ccc(COCCOc4ccc(F)cc4)cc3)ccc2n1CCOc1ccc(F)cc1. The molecule has 0 unspecified atom stereocenters. The molecule has 38 heavy (non-hydrogen) atoms. The lowest BCUT2D eigenvalue weighted by Gasteiger charge is -2.09.